The van der Waals surface area contributed by atoms with Gasteiger partial charge in [-0.15, -0.1) is 0 Å². The van der Waals surface area contributed by atoms with E-state index < -0.39 is 5.97 Å². The number of carbonyl (C=O) groups excluding carboxylic acids is 2. The standard InChI is InChI=1S/C24H36N4O4/c1-16(2)25-24(32)27-9-7-18(11-23(30)31)19(15-27)6-8-26-12-17-10-20(14-26)21-4-3-5-22(29)28(21)13-17/h3-5,16-20H,6-15H2,1-2H3,(H,25,32)(H,30,31)/t17-,18-,19-,20+/m0/s1. The maximum Gasteiger partial charge on any atom is 0.317 e. The number of quaternary nitrogens is 1. The van der Waals surface area contributed by atoms with Gasteiger partial charge in [0.2, 0.25) is 0 Å². The number of hydrogen-bond acceptors (Lipinski definition) is 4. The molecule has 3 aliphatic rings. The summed E-state index contributed by atoms with van der Waals surface area (Å²) in [5, 5.41) is 14.3. The van der Waals surface area contributed by atoms with Crippen LogP contribution in [0, 0.1) is 17.8 Å². The van der Waals surface area contributed by atoms with Crippen LogP contribution in [0.5, 0.6) is 0 Å². The second-order valence-corrected chi connectivity index (χ2v) is 10.3. The van der Waals surface area contributed by atoms with E-state index in [4.69, 9.17) is 0 Å². The number of rotatable bonds is 6. The zero-order valence-corrected chi connectivity index (χ0v) is 19.2. The van der Waals surface area contributed by atoms with Crippen LogP contribution < -0.4 is 20.9 Å². The minimum atomic E-state index is -0.998. The van der Waals surface area contributed by atoms with E-state index in [2.05, 4.69) is 11.4 Å². The number of carboxylic acid groups (broad SMARTS) is 1. The molecule has 1 aromatic rings. The van der Waals surface area contributed by atoms with E-state index >= 15 is 0 Å². The number of fused-ring (bicyclic) bond motifs is 4. The Kier molecular flexibility index (Phi) is 6.88. The molecule has 0 aromatic carbocycles. The van der Waals surface area contributed by atoms with Crippen LogP contribution in [-0.4, -0.2) is 60.2 Å². The van der Waals surface area contributed by atoms with Crippen LogP contribution in [0.2, 0.25) is 0 Å². The summed E-state index contributed by atoms with van der Waals surface area (Å²) >= 11 is 0. The number of hydrogen-bond donors (Lipinski definition) is 2. The van der Waals surface area contributed by atoms with Crippen molar-refractivity contribution in [3.63, 3.8) is 0 Å². The summed E-state index contributed by atoms with van der Waals surface area (Å²) in [6, 6.07) is 5.63. The smallest absolute Gasteiger partial charge is 0.317 e. The molecule has 32 heavy (non-hydrogen) atoms. The predicted molar refractivity (Wildman–Crippen MR) is 118 cm³/mol. The Morgan fingerprint density at radius 2 is 2.03 bits per heavy atom. The molecular formula is C24H36N4O4. The fourth-order valence-electron chi connectivity index (χ4n) is 6.13. The minimum Gasteiger partial charge on any atom is -0.550 e. The van der Waals surface area contributed by atoms with Crippen LogP contribution >= 0.6 is 0 Å². The molecule has 2 amide bonds. The van der Waals surface area contributed by atoms with E-state index in [9.17, 15) is 19.5 Å². The highest BCUT2D eigenvalue weighted by Gasteiger charge is 2.38. The average Bonchev–Trinajstić information content (AvgIpc) is 2.73. The molecule has 1 aromatic heterocycles. The van der Waals surface area contributed by atoms with Crippen molar-refractivity contribution in [3.05, 3.63) is 34.2 Å². The maximum absolute atomic E-state index is 12.5. The number of pyridine rings is 1. The molecule has 2 bridgehead atoms. The lowest BCUT2D eigenvalue weighted by Crippen LogP contribution is -3.14. The summed E-state index contributed by atoms with van der Waals surface area (Å²) in [7, 11) is 0. The van der Waals surface area contributed by atoms with Crippen LogP contribution in [0.3, 0.4) is 0 Å². The highest BCUT2D eigenvalue weighted by Crippen LogP contribution is 2.31. The van der Waals surface area contributed by atoms with E-state index in [0.29, 0.717) is 31.3 Å². The number of piperidine rings is 2. The molecule has 0 aliphatic carbocycles. The molecule has 2 saturated heterocycles. The SMILES string of the molecule is CC(C)NC(=O)N1CC[C@@H](CC(=O)[O-])[C@@H](CC[NH+]2C[C@@H]3C[C@H](C2)c2cccc(=O)n2C3)C1. The number of nitrogens with one attached hydrogen (secondary N) is 2. The first kappa shape index (κ1) is 22.8. The molecule has 8 nitrogen and oxygen atoms in total. The third-order valence-corrected chi connectivity index (χ3v) is 7.56. The second kappa shape index (κ2) is 9.65. The Balaban J connectivity index is 1.39. The van der Waals surface area contributed by atoms with E-state index in [1.54, 1.807) is 6.07 Å². The maximum atomic E-state index is 12.5. The number of carbonyl (C=O) groups is 2. The molecule has 1 unspecified atom stereocenters. The summed E-state index contributed by atoms with van der Waals surface area (Å²) in [6.07, 6.45) is 2.83. The van der Waals surface area contributed by atoms with Crippen molar-refractivity contribution in [2.24, 2.45) is 17.8 Å². The first-order valence-corrected chi connectivity index (χ1v) is 12.1. The first-order valence-electron chi connectivity index (χ1n) is 12.1. The van der Waals surface area contributed by atoms with Gasteiger partial charge in [0.05, 0.1) is 19.6 Å². The number of nitrogens with zero attached hydrogens (tertiary/aromatic N) is 2. The van der Waals surface area contributed by atoms with Gasteiger partial charge in [-0.25, -0.2) is 4.79 Å². The summed E-state index contributed by atoms with van der Waals surface area (Å²) in [4.78, 5) is 39.5. The van der Waals surface area contributed by atoms with Gasteiger partial charge < -0.3 is 29.6 Å². The molecule has 5 atom stereocenters. The number of aliphatic carboxylic acids is 1. The number of aromatic nitrogens is 1. The zero-order valence-electron chi connectivity index (χ0n) is 19.2. The summed E-state index contributed by atoms with van der Waals surface area (Å²) in [5.74, 6) is 0.150. The normalized spacial score (nSPS) is 29.5. The van der Waals surface area contributed by atoms with Gasteiger partial charge in [0.25, 0.3) is 5.56 Å². The van der Waals surface area contributed by atoms with Crippen molar-refractivity contribution >= 4 is 12.0 Å². The molecule has 3 aliphatic heterocycles. The van der Waals surface area contributed by atoms with Gasteiger partial charge in [-0.2, -0.15) is 0 Å². The largest absolute Gasteiger partial charge is 0.550 e. The van der Waals surface area contributed by atoms with Gasteiger partial charge >= 0.3 is 6.03 Å². The Morgan fingerprint density at radius 1 is 1.22 bits per heavy atom. The Morgan fingerprint density at radius 3 is 2.78 bits per heavy atom. The van der Waals surface area contributed by atoms with Crippen molar-refractivity contribution in [2.45, 2.75) is 58.0 Å². The summed E-state index contributed by atoms with van der Waals surface area (Å²) in [5.41, 5.74) is 1.27. The van der Waals surface area contributed by atoms with Crippen LogP contribution in [0.25, 0.3) is 0 Å². The van der Waals surface area contributed by atoms with E-state index in [0.717, 1.165) is 44.7 Å². The van der Waals surface area contributed by atoms with Gasteiger partial charge in [-0.1, -0.05) is 6.07 Å². The molecule has 8 heteroatoms. The Labute approximate surface area is 189 Å². The van der Waals surface area contributed by atoms with Crippen molar-refractivity contribution < 1.29 is 19.6 Å². The van der Waals surface area contributed by atoms with Crippen LogP contribution in [0.15, 0.2) is 23.0 Å². The quantitative estimate of drug-likeness (QED) is 0.614. The topological polar surface area (TPSA) is 98.9 Å². The van der Waals surface area contributed by atoms with Crippen LogP contribution in [0.1, 0.15) is 51.1 Å². The minimum absolute atomic E-state index is 0.0567. The first-order chi connectivity index (χ1) is 15.3. The number of amides is 2. The summed E-state index contributed by atoms with van der Waals surface area (Å²) < 4.78 is 1.96. The number of urea groups is 1. The number of carboxylic acids is 1. The average molecular weight is 445 g/mol. The lowest BCUT2D eigenvalue weighted by Gasteiger charge is -2.42. The predicted octanol–water partition coefficient (Wildman–Crippen LogP) is -0.563. The van der Waals surface area contributed by atoms with Gasteiger partial charge in [0.1, 0.15) is 0 Å². The lowest BCUT2D eigenvalue weighted by atomic mass is 9.80. The number of likely N-dealkylation sites (tertiary alicyclic amines) is 2. The third-order valence-electron chi connectivity index (χ3n) is 7.56. The molecule has 2 N–H and O–H groups in total. The van der Waals surface area contributed by atoms with Crippen molar-refractivity contribution in [1.29, 1.82) is 0 Å². The van der Waals surface area contributed by atoms with E-state index in [1.165, 1.54) is 4.90 Å². The Bertz CT molecular complexity index is 898. The van der Waals surface area contributed by atoms with Crippen molar-refractivity contribution in [2.75, 3.05) is 32.7 Å². The molecule has 0 radical (unpaired) electrons. The van der Waals surface area contributed by atoms with Gasteiger partial charge in [-0.3, -0.25) is 4.79 Å². The van der Waals surface area contributed by atoms with E-state index in [-0.39, 0.29) is 35.9 Å². The highest BCUT2D eigenvalue weighted by atomic mass is 16.4. The molecule has 176 valence electrons. The monoisotopic (exact) mass is 444 g/mol. The van der Waals surface area contributed by atoms with Crippen LogP contribution in [0.4, 0.5) is 4.79 Å². The fraction of sp³-hybridized carbons (Fsp3) is 0.708. The fourth-order valence-corrected chi connectivity index (χ4v) is 6.13. The lowest BCUT2D eigenvalue weighted by molar-refractivity contribution is -0.911. The molecule has 2 fully saturated rings. The van der Waals surface area contributed by atoms with Crippen molar-refractivity contribution in [3.8, 4) is 0 Å². The van der Waals surface area contributed by atoms with Gasteiger partial charge in [-0.05, 0) is 51.0 Å². The van der Waals surface area contributed by atoms with Crippen molar-refractivity contribution in [1.82, 2.24) is 14.8 Å². The van der Waals surface area contributed by atoms with Crippen LogP contribution in [-0.2, 0) is 11.3 Å². The van der Waals surface area contributed by atoms with E-state index in [1.807, 2.05) is 29.4 Å². The Hall–Kier alpha value is -2.35. The summed E-state index contributed by atoms with van der Waals surface area (Å²) in [6.45, 7) is 8.92. The second-order valence-electron chi connectivity index (χ2n) is 10.3. The third kappa shape index (κ3) is 5.17. The molecule has 4 heterocycles. The molecule has 0 saturated carbocycles. The molecule has 4 rings (SSSR count). The molecular weight excluding hydrogens is 408 g/mol. The highest BCUT2D eigenvalue weighted by molar-refractivity contribution is 5.74. The molecule has 0 spiro atoms. The van der Waals surface area contributed by atoms with Gasteiger partial charge in [0.15, 0.2) is 0 Å². The zero-order chi connectivity index (χ0) is 22.8. The van der Waals surface area contributed by atoms with Gasteiger partial charge in [0, 0.05) is 61.7 Å².